The number of nitrogens with zero attached hydrogens (tertiary/aromatic N) is 4. The molecular formula is C22H24N6O2. The van der Waals surface area contributed by atoms with Crippen molar-refractivity contribution < 1.29 is 9.53 Å². The summed E-state index contributed by atoms with van der Waals surface area (Å²) in [5, 5.41) is 17.0. The Morgan fingerprint density at radius 1 is 1.43 bits per heavy atom. The minimum absolute atomic E-state index is 0.0722. The molecule has 5 rings (SSSR count). The van der Waals surface area contributed by atoms with Crippen molar-refractivity contribution in [2.75, 3.05) is 13.7 Å². The van der Waals surface area contributed by atoms with Gasteiger partial charge < -0.3 is 19.9 Å². The number of amidine groups is 1. The highest BCUT2D eigenvalue weighted by Crippen LogP contribution is 2.39. The minimum Gasteiger partial charge on any atom is -0.495 e. The summed E-state index contributed by atoms with van der Waals surface area (Å²) in [7, 11) is 1.59. The minimum atomic E-state index is -0.0863. The number of aliphatic imine (C=N–C) groups is 1. The molecule has 8 nitrogen and oxygen atoms in total. The third-order valence-corrected chi connectivity index (χ3v) is 6.33. The van der Waals surface area contributed by atoms with E-state index < -0.39 is 0 Å². The first-order valence-corrected chi connectivity index (χ1v) is 10.3. The van der Waals surface area contributed by atoms with Gasteiger partial charge in [-0.3, -0.25) is 9.79 Å². The van der Waals surface area contributed by atoms with Crippen LogP contribution >= 0.6 is 0 Å². The van der Waals surface area contributed by atoms with E-state index in [1.54, 1.807) is 19.5 Å². The van der Waals surface area contributed by atoms with Crippen LogP contribution in [0.3, 0.4) is 0 Å². The number of nitrogens with one attached hydrogen (secondary N) is 2. The SMILES string of the molecule is COc1cnc2c(c1)c(C#N)c(C1=NCC(C(=O)NC3(C)CC3)=CN1)n2C1CCC1. The largest absolute Gasteiger partial charge is 0.495 e. The number of ether oxygens (including phenoxy) is 1. The quantitative estimate of drug-likeness (QED) is 0.797. The lowest BCUT2D eigenvalue weighted by Gasteiger charge is -2.30. The number of hydrogen-bond donors (Lipinski definition) is 2. The van der Waals surface area contributed by atoms with Crippen LogP contribution in [-0.4, -0.2) is 40.5 Å². The van der Waals surface area contributed by atoms with E-state index in [2.05, 4.69) is 31.2 Å². The maximum atomic E-state index is 12.5. The van der Waals surface area contributed by atoms with Gasteiger partial charge in [0.05, 0.1) is 31.0 Å². The molecule has 2 aliphatic carbocycles. The summed E-state index contributed by atoms with van der Waals surface area (Å²) in [5.74, 6) is 1.13. The van der Waals surface area contributed by atoms with E-state index in [-0.39, 0.29) is 18.0 Å². The molecule has 3 heterocycles. The number of carbonyl (C=O) groups is 1. The van der Waals surface area contributed by atoms with Gasteiger partial charge in [0.2, 0.25) is 0 Å². The molecule has 0 bridgehead atoms. The summed E-state index contributed by atoms with van der Waals surface area (Å²) in [4.78, 5) is 21.7. The van der Waals surface area contributed by atoms with Gasteiger partial charge >= 0.3 is 0 Å². The Labute approximate surface area is 174 Å². The van der Waals surface area contributed by atoms with Crippen LogP contribution in [0.25, 0.3) is 11.0 Å². The average molecular weight is 404 g/mol. The number of hydrogen-bond acceptors (Lipinski definition) is 6. The number of methoxy groups -OCH3 is 1. The fraction of sp³-hybridized carbons (Fsp3) is 0.455. The summed E-state index contributed by atoms with van der Waals surface area (Å²) >= 11 is 0. The predicted octanol–water partition coefficient (Wildman–Crippen LogP) is 2.54. The molecule has 30 heavy (non-hydrogen) atoms. The molecule has 2 aromatic rings. The van der Waals surface area contributed by atoms with Crippen LogP contribution in [-0.2, 0) is 4.79 Å². The number of rotatable bonds is 5. The van der Waals surface area contributed by atoms with Crippen molar-refractivity contribution in [2.45, 2.75) is 50.6 Å². The van der Waals surface area contributed by atoms with Crippen molar-refractivity contribution >= 4 is 22.8 Å². The standard InChI is InChI=1S/C22H24N6O2/c1-22(6-7-22)27-21(29)13-10-24-19(25-11-13)18-17(9-23)16-8-15(30-2)12-26-20(16)28(18)14-4-3-5-14/h8,10,12,14H,3-7,11H2,1-2H3,(H,24,25)(H,27,29). The molecule has 154 valence electrons. The van der Waals surface area contributed by atoms with Crippen LogP contribution in [0, 0.1) is 11.3 Å². The van der Waals surface area contributed by atoms with Crippen LogP contribution in [0.4, 0.5) is 0 Å². The molecule has 8 heteroatoms. The molecule has 2 aromatic heterocycles. The first-order valence-electron chi connectivity index (χ1n) is 10.3. The van der Waals surface area contributed by atoms with Crippen molar-refractivity contribution in [1.82, 2.24) is 20.2 Å². The Bertz CT molecular complexity index is 1140. The normalized spacial score (nSPS) is 19.8. The lowest BCUT2D eigenvalue weighted by Crippen LogP contribution is -2.38. The van der Waals surface area contributed by atoms with E-state index in [9.17, 15) is 10.1 Å². The highest BCUT2D eigenvalue weighted by Gasteiger charge is 2.39. The molecule has 2 fully saturated rings. The Morgan fingerprint density at radius 2 is 2.23 bits per heavy atom. The Kier molecular flexibility index (Phi) is 4.28. The average Bonchev–Trinajstić information content (AvgIpc) is 3.36. The van der Waals surface area contributed by atoms with Gasteiger partial charge in [-0.2, -0.15) is 5.26 Å². The van der Waals surface area contributed by atoms with Crippen LogP contribution in [0.2, 0.25) is 0 Å². The Morgan fingerprint density at radius 3 is 2.80 bits per heavy atom. The number of fused-ring (bicyclic) bond motifs is 1. The fourth-order valence-electron chi connectivity index (χ4n) is 3.98. The summed E-state index contributed by atoms with van der Waals surface area (Å²) in [5.41, 5.74) is 2.56. The molecule has 1 aliphatic heterocycles. The summed E-state index contributed by atoms with van der Waals surface area (Å²) in [6.07, 6.45) is 8.66. The van der Waals surface area contributed by atoms with E-state index in [0.29, 0.717) is 28.8 Å². The first kappa shape index (κ1) is 18.7. The molecule has 0 unspecified atom stereocenters. The smallest absolute Gasteiger partial charge is 0.250 e. The predicted molar refractivity (Wildman–Crippen MR) is 112 cm³/mol. The Hall–Kier alpha value is -3.34. The molecule has 0 aromatic carbocycles. The van der Waals surface area contributed by atoms with E-state index in [1.807, 2.05) is 13.0 Å². The van der Waals surface area contributed by atoms with Crippen molar-refractivity contribution in [1.29, 1.82) is 5.26 Å². The van der Waals surface area contributed by atoms with Crippen molar-refractivity contribution in [3.8, 4) is 11.8 Å². The van der Waals surface area contributed by atoms with Gasteiger partial charge in [0.25, 0.3) is 5.91 Å². The molecule has 0 spiro atoms. The van der Waals surface area contributed by atoms with Gasteiger partial charge in [-0.25, -0.2) is 4.98 Å². The van der Waals surface area contributed by atoms with E-state index >= 15 is 0 Å². The third-order valence-electron chi connectivity index (χ3n) is 6.33. The lowest BCUT2D eigenvalue weighted by molar-refractivity contribution is -0.118. The molecule has 0 radical (unpaired) electrons. The topological polar surface area (TPSA) is 104 Å². The molecular weight excluding hydrogens is 380 g/mol. The van der Waals surface area contributed by atoms with E-state index in [1.165, 1.54) is 0 Å². The molecule has 2 N–H and O–H groups in total. The van der Waals surface area contributed by atoms with E-state index in [4.69, 9.17) is 4.74 Å². The zero-order valence-electron chi connectivity index (χ0n) is 17.2. The molecule has 2 saturated carbocycles. The number of aromatic nitrogens is 2. The molecule has 0 atom stereocenters. The number of carbonyl (C=O) groups excluding carboxylic acids is 1. The number of nitriles is 1. The van der Waals surface area contributed by atoms with Crippen LogP contribution in [0.1, 0.15) is 56.3 Å². The summed E-state index contributed by atoms with van der Waals surface area (Å²) < 4.78 is 7.45. The van der Waals surface area contributed by atoms with Crippen molar-refractivity contribution in [2.24, 2.45) is 4.99 Å². The van der Waals surface area contributed by atoms with Crippen LogP contribution < -0.4 is 15.4 Å². The van der Waals surface area contributed by atoms with E-state index in [0.717, 1.165) is 48.8 Å². The van der Waals surface area contributed by atoms with Gasteiger partial charge in [0.1, 0.15) is 23.2 Å². The molecule has 1 amide bonds. The van der Waals surface area contributed by atoms with Crippen LogP contribution in [0.15, 0.2) is 29.0 Å². The summed E-state index contributed by atoms with van der Waals surface area (Å²) in [6, 6.07) is 4.49. The molecule has 3 aliphatic rings. The first-order chi connectivity index (χ1) is 14.5. The highest BCUT2D eigenvalue weighted by molar-refractivity contribution is 6.08. The zero-order valence-corrected chi connectivity index (χ0v) is 17.2. The third kappa shape index (κ3) is 3.02. The second-order valence-electron chi connectivity index (χ2n) is 8.53. The maximum absolute atomic E-state index is 12.5. The van der Waals surface area contributed by atoms with Gasteiger partial charge in [-0.1, -0.05) is 0 Å². The molecule has 0 saturated heterocycles. The highest BCUT2D eigenvalue weighted by atomic mass is 16.5. The van der Waals surface area contributed by atoms with Gasteiger partial charge in [0.15, 0.2) is 5.84 Å². The lowest BCUT2D eigenvalue weighted by atomic mass is 9.92. The van der Waals surface area contributed by atoms with Gasteiger partial charge in [-0.15, -0.1) is 0 Å². The number of amides is 1. The van der Waals surface area contributed by atoms with Crippen molar-refractivity contribution in [3.63, 3.8) is 0 Å². The zero-order chi connectivity index (χ0) is 20.9. The summed E-state index contributed by atoms with van der Waals surface area (Å²) in [6.45, 7) is 2.33. The van der Waals surface area contributed by atoms with Crippen LogP contribution in [0.5, 0.6) is 5.75 Å². The van der Waals surface area contributed by atoms with Gasteiger partial charge in [0, 0.05) is 23.2 Å². The van der Waals surface area contributed by atoms with Gasteiger partial charge in [-0.05, 0) is 45.1 Å². The second kappa shape index (κ2) is 6.87. The Balaban J connectivity index is 1.52. The second-order valence-corrected chi connectivity index (χ2v) is 8.53. The maximum Gasteiger partial charge on any atom is 0.250 e. The number of pyridine rings is 1. The fourth-order valence-corrected chi connectivity index (χ4v) is 3.98. The monoisotopic (exact) mass is 404 g/mol. The van der Waals surface area contributed by atoms with Crippen molar-refractivity contribution in [3.05, 3.63) is 35.3 Å².